The molecule has 7 heteroatoms. The fourth-order valence-corrected chi connectivity index (χ4v) is 2.47. The fraction of sp³-hybridized carbons (Fsp3) is 0.105. The molecule has 0 fully saturated rings. The average molecular weight is 414 g/mol. The van der Waals surface area contributed by atoms with Gasteiger partial charge in [0, 0.05) is 10.0 Å². The molecule has 2 aromatic carbocycles. The monoisotopic (exact) mass is 413 g/mol. The van der Waals surface area contributed by atoms with Gasteiger partial charge in [-0.15, -0.1) is 0 Å². The summed E-state index contributed by atoms with van der Waals surface area (Å²) in [5.74, 6) is 0.897. The molecule has 26 heavy (non-hydrogen) atoms. The van der Waals surface area contributed by atoms with E-state index < -0.39 is 6.10 Å². The van der Waals surface area contributed by atoms with Gasteiger partial charge in [-0.2, -0.15) is 0 Å². The van der Waals surface area contributed by atoms with Crippen molar-refractivity contribution in [2.24, 2.45) is 0 Å². The summed E-state index contributed by atoms with van der Waals surface area (Å²) in [6.07, 6.45) is 2.34. The van der Waals surface area contributed by atoms with E-state index in [1.807, 2.05) is 12.1 Å². The van der Waals surface area contributed by atoms with Gasteiger partial charge in [0.15, 0.2) is 11.9 Å². The zero-order valence-electron chi connectivity index (χ0n) is 13.9. The van der Waals surface area contributed by atoms with Crippen molar-refractivity contribution in [2.45, 2.75) is 13.0 Å². The van der Waals surface area contributed by atoms with Crippen LogP contribution in [0.5, 0.6) is 11.5 Å². The van der Waals surface area contributed by atoms with E-state index in [9.17, 15) is 9.90 Å². The van der Waals surface area contributed by atoms with Gasteiger partial charge in [0.05, 0.1) is 18.1 Å². The number of nitrogens with one attached hydrogen (secondary N) is 1. The second-order valence-electron chi connectivity index (χ2n) is 5.55. The van der Waals surface area contributed by atoms with Gasteiger partial charge in [0.1, 0.15) is 11.5 Å². The van der Waals surface area contributed by atoms with Crippen LogP contribution in [-0.4, -0.2) is 27.1 Å². The number of hydrogen-bond donors (Lipinski definition) is 2. The number of halogens is 1. The van der Waals surface area contributed by atoms with Gasteiger partial charge in [-0.1, -0.05) is 28.1 Å². The number of hydrogen-bond acceptors (Lipinski definition) is 5. The highest BCUT2D eigenvalue weighted by Crippen LogP contribution is 2.21. The Balaban J connectivity index is 1.62. The number of rotatable bonds is 5. The third kappa shape index (κ3) is 4.58. The number of carbonyl (C=O) groups excluding carboxylic acids is 1. The highest BCUT2D eigenvalue weighted by Gasteiger charge is 2.15. The van der Waals surface area contributed by atoms with Gasteiger partial charge >= 0.3 is 0 Å². The van der Waals surface area contributed by atoms with Gasteiger partial charge < -0.3 is 15.2 Å². The van der Waals surface area contributed by atoms with Crippen molar-refractivity contribution in [1.82, 2.24) is 9.97 Å². The minimum absolute atomic E-state index is 0.141. The van der Waals surface area contributed by atoms with E-state index in [0.29, 0.717) is 22.8 Å². The van der Waals surface area contributed by atoms with Gasteiger partial charge in [0.25, 0.3) is 5.91 Å². The molecule has 0 spiro atoms. The number of nitrogens with zero attached hydrogens (tertiary/aromatic N) is 2. The second kappa shape index (κ2) is 7.97. The van der Waals surface area contributed by atoms with Crippen molar-refractivity contribution in [3.63, 3.8) is 0 Å². The zero-order valence-corrected chi connectivity index (χ0v) is 15.5. The highest BCUT2D eigenvalue weighted by atomic mass is 79.9. The van der Waals surface area contributed by atoms with E-state index >= 15 is 0 Å². The molecule has 1 heterocycles. The van der Waals surface area contributed by atoms with E-state index in [-0.39, 0.29) is 11.7 Å². The van der Waals surface area contributed by atoms with Gasteiger partial charge in [-0.25, -0.2) is 9.97 Å². The summed E-state index contributed by atoms with van der Waals surface area (Å²) in [5.41, 5.74) is 1.15. The smallest absolute Gasteiger partial charge is 0.265 e. The first-order valence-electron chi connectivity index (χ1n) is 7.86. The van der Waals surface area contributed by atoms with Crippen LogP contribution >= 0.6 is 15.9 Å². The molecular formula is C19H16BrN3O3. The zero-order chi connectivity index (χ0) is 18.5. The maximum Gasteiger partial charge on any atom is 0.265 e. The molecule has 2 N–H and O–H groups in total. The molecule has 1 unspecified atom stereocenters. The number of ether oxygens (including phenoxy) is 1. The minimum Gasteiger partial charge on any atom is -0.508 e. The van der Waals surface area contributed by atoms with Crippen LogP contribution < -0.4 is 10.1 Å². The van der Waals surface area contributed by atoms with Gasteiger partial charge in [-0.3, -0.25) is 4.79 Å². The Hall–Kier alpha value is -2.93. The molecule has 3 rings (SSSR count). The minimum atomic E-state index is -0.679. The fourth-order valence-electron chi connectivity index (χ4n) is 2.20. The van der Waals surface area contributed by atoms with E-state index in [0.717, 1.165) is 4.47 Å². The summed E-state index contributed by atoms with van der Waals surface area (Å²) < 4.78 is 6.54. The molecule has 0 aliphatic heterocycles. The Morgan fingerprint density at radius 2 is 1.85 bits per heavy atom. The highest BCUT2D eigenvalue weighted by molar-refractivity contribution is 9.10. The Kier molecular flexibility index (Phi) is 5.48. The molecule has 0 saturated carbocycles. The molecule has 1 amide bonds. The maximum absolute atomic E-state index is 12.2. The molecule has 3 aromatic rings. The Morgan fingerprint density at radius 3 is 2.50 bits per heavy atom. The van der Waals surface area contributed by atoms with Crippen molar-refractivity contribution in [1.29, 1.82) is 0 Å². The van der Waals surface area contributed by atoms with Crippen LogP contribution in [0.1, 0.15) is 6.92 Å². The first-order valence-corrected chi connectivity index (χ1v) is 8.65. The maximum atomic E-state index is 12.2. The van der Waals surface area contributed by atoms with Crippen LogP contribution in [0.15, 0.2) is 65.4 Å². The van der Waals surface area contributed by atoms with Crippen molar-refractivity contribution >= 4 is 27.5 Å². The first kappa shape index (κ1) is 17.9. The molecule has 6 nitrogen and oxygen atoms in total. The van der Waals surface area contributed by atoms with E-state index in [1.165, 1.54) is 12.4 Å². The second-order valence-corrected chi connectivity index (χ2v) is 6.46. The van der Waals surface area contributed by atoms with Gasteiger partial charge in [0.2, 0.25) is 0 Å². The summed E-state index contributed by atoms with van der Waals surface area (Å²) in [6, 6.07) is 13.9. The molecule has 0 radical (unpaired) electrons. The number of amides is 1. The molecule has 0 aliphatic rings. The van der Waals surface area contributed by atoms with Crippen molar-refractivity contribution in [2.75, 3.05) is 5.32 Å². The van der Waals surface area contributed by atoms with Gasteiger partial charge in [-0.05, 0) is 43.3 Å². The van der Waals surface area contributed by atoms with Crippen molar-refractivity contribution in [3.05, 3.63) is 65.4 Å². The SMILES string of the molecule is CC(Oc1ccc(Br)cc1)C(=O)Nc1cnc(-c2cccc(O)c2)nc1. The largest absolute Gasteiger partial charge is 0.508 e. The number of phenolic OH excluding ortho intramolecular Hbond substituents is 1. The quantitative estimate of drug-likeness (QED) is 0.659. The Bertz CT molecular complexity index is 899. The predicted octanol–water partition coefficient (Wildman–Crippen LogP) is 4.02. The van der Waals surface area contributed by atoms with E-state index in [4.69, 9.17) is 4.74 Å². The van der Waals surface area contributed by atoms with Crippen molar-refractivity contribution in [3.8, 4) is 22.9 Å². The van der Waals surface area contributed by atoms with Crippen LogP contribution in [0.2, 0.25) is 0 Å². The summed E-state index contributed by atoms with van der Waals surface area (Å²) in [4.78, 5) is 20.7. The number of carbonyl (C=O) groups is 1. The lowest BCUT2D eigenvalue weighted by Crippen LogP contribution is -2.30. The number of benzene rings is 2. The molecule has 132 valence electrons. The average Bonchev–Trinajstić information content (AvgIpc) is 2.64. The lowest BCUT2D eigenvalue weighted by atomic mass is 10.2. The molecule has 1 aromatic heterocycles. The third-order valence-electron chi connectivity index (χ3n) is 3.52. The molecule has 0 bridgehead atoms. The number of anilines is 1. The van der Waals surface area contributed by atoms with Crippen molar-refractivity contribution < 1.29 is 14.6 Å². The lowest BCUT2D eigenvalue weighted by Gasteiger charge is -2.14. The van der Waals surface area contributed by atoms with Crippen LogP contribution in [-0.2, 0) is 4.79 Å². The third-order valence-corrected chi connectivity index (χ3v) is 4.05. The van der Waals surface area contributed by atoms with Crippen LogP contribution in [0.3, 0.4) is 0 Å². The summed E-state index contributed by atoms with van der Waals surface area (Å²) in [5, 5.41) is 12.2. The topological polar surface area (TPSA) is 84.3 Å². The van der Waals surface area contributed by atoms with E-state index in [2.05, 4.69) is 31.2 Å². The molecule has 0 saturated heterocycles. The molecule has 0 aliphatic carbocycles. The molecule has 1 atom stereocenters. The van der Waals surface area contributed by atoms with Crippen LogP contribution in [0.4, 0.5) is 5.69 Å². The number of phenols is 1. The number of aromatic hydroxyl groups is 1. The molecular weight excluding hydrogens is 398 g/mol. The summed E-state index contributed by atoms with van der Waals surface area (Å²) in [6.45, 7) is 1.67. The summed E-state index contributed by atoms with van der Waals surface area (Å²) in [7, 11) is 0. The van der Waals surface area contributed by atoms with Crippen LogP contribution in [0.25, 0.3) is 11.4 Å². The summed E-state index contributed by atoms with van der Waals surface area (Å²) >= 11 is 3.35. The lowest BCUT2D eigenvalue weighted by molar-refractivity contribution is -0.122. The Morgan fingerprint density at radius 1 is 1.15 bits per heavy atom. The first-order chi connectivity index (χ1) is 12.5. The predicted molar refractivity (Wildman–Crippen MR) is 102 cm³/mol. The normalized spacial score (nSPS) is 11.6. The number of aromatic nitrogens is 2. The van der Waals surface area contributed by atoms with Crippen LogP contribution in [0, 0.1) is 0 Å². The standard InChI is InChI=1S/C19H16BrN3O3/c1-12(26-17-7-5-14(20)6-8-17)19(25)23-15-10-21-18(22-11-15)13-3-2-4-16(24)9-13/h2-12,24H,1H3,(H,23,25). The Labute approximate surface area is 159 Å². The van der Waals surface area contributed by atoms with E-state index in [1.54, 1.807) is 43.3 Å².